The second-order valence-electron chi connectivity index (χ2n) is 3.15. The van der Waals surface area contributed by atoms with Crippen LogP contribution in [0.5, 0.6) is 0 Å². The fraction of sp³-hybridized carbons (Fsp3) is 0.875. The van der Waals surface area contributed by atoms with Gasteiger partial charge in [-0.25, -0.2) is 0 Å². The van der Waals surface area contributed by atoms with Crippen LogP contribution in [0.4, 0.5) is 0 Å². The molecular weight excluding hydrogens is 190 g/mol. The molecule has 0 radical (unpaired) electrons. The molecule has 2 fully saturated rings. The Morgan fingerprint density at radius 2 is 2.25 bits per heavy atom. The molecule has 0 bridgehead atoms. The summed E-state index contributed by atoms with van der Waals surface area (Å²) in [7, 11) is 0. The van der Waals surface area contributed by atoms with Crippen LogP contribution >= 0.6 is 23.5 Å². The van der Waals surface area contributed by atoms with E-state index in [1.165, 1.54) is 17.3 Å². The Morgan fingerprint density at radius 1 is 1.42 bits per heavy atom. The molecule has 2 nitrogen and oxygen atoms in total. The highest BCUT2D eigenvalue weighted by atomic mass is 32.2. The predicted molar refractivity (Wildman–Crippen MR) is 54.8 cm³/mol. The molecule has 0 spiro atoms. The van der Waals surface area contributed by atoms with E-state index in [-0.39, 0.29) is 0 Å². The van der Waals surface area contributed by atoms with Gasteiger partial charge in [0.15, 0.2) is 0 Å². The summed E-state index contributed by atoms with van der Waals surface area (Å²) < 4.78 is 0. The third-order valence-corrected chi connectivity index (χ3v) is 4.93. The number of nitrogens with zero attached hydrogens (tertiary/aromatic N) is 1. The Morgan fingerprint density at radius 3 is 2.83 bits per heavy atom. The van der Waals surface area contributed by atoms with Gasteiger partial charge in [0.2, 0.25) is 5.91 Å². The average Bonchev–Trinajstić information content (AvgIpc) is 2.88. The molecular formula is C8H13NOS2. The molecule has 0 N–H and O–H groups in total. The Hall–Kier alpha value is 0.170. The largest absolute Gasteiger partial charge is 0.339 e. The zero-order valence-corrected chi connectivity index (χ0v) is 8.62. The molecule has 12 heavy (non-hydrogen) atoms. The Balaban J connectivity index is 1.73. The van der Waals surface area contributed by atoms with Crippen LogP contribution < -0.4 is 0 Å². The van der Waals surface area contributed by atoms with E-state index < -0.39 is 0 Å². The highest BCUT2D eigenvalue weighted by Gasteiger charge is 2.27. The molecule has 1 atom stereocenters. The maximum absolute atomic E-state index is 11.4. The van der Waals surface area contributed by atoms with Gasteiger partial charge in [-0.1, -0.05) is 0 Å². The average molecular weight is 203 g/mol. The van der Waals surface area contributed by atoms with Crippen LogP contribution in [-0.2, 0) is 4.79 Å². The predicted octanol–water partition coefficient (Wildman–Crippen LogP) is 1.07. The lowest BCUT2D eigenvalue weighted by Crippen LogP contribution is -2.22. The van der Waals surface area contributed by atoms with Crippen molar-refractivity contribution in [1.29, 1.82) is 0 Å². The van der Waals surface area contributed by atoms with Crippen molar-refractivity contribution < 1.29 is 4.79 Å². The number of carbonyl (C=O) groups is 1. The van der Waals surface area contributed by atoms with Crippen molar-refractivity contribution in [3.05, 3.63) is 0 Å². The maximum atomic E-state index is 11.4. The molecule has 2 saturated heterocycles. The first-order valence-electron chi connectivity index (χ1n) is 4.33. The van der Waals surface area contributed by atoms with Crippen molar-refractivity contribution in [2.45, 2.75) is 11.7 Å². The Bertz CT molecular complexity index is 176. The molecule has 0 aliphatic carbocycles. The lowest BCUT2D eigenvalue weighted by atomic mass is 10.3. The van der Waals surface area contributed by atoms with Crippen molar-refractivity contribution >= 4 is 29.4 Å². The summed E-state index contributed by atoms with van der Waals surface area (Å²) in [5, 5.41) is 0.594. The molecule has 68 valence electrons. The van der Waals surface area contributed by atoms with E-state index in [9.17, 15) is 4.79 Å². The van der Waals surface area contributed by atoms with E-state index in [2.05, 4.69) is 0 Å². The molecule has 2 aliphatic rings. The zero-order chi connectivity index (χ0) is 8.39. The van der Waals surface area contributed by atoms with Crippen molar-refractivity contribution in [1.82, 2.24) is 4.90 Å². The first-order chi connectivity index (χ1) is 5.86. The molecule has 0 aromatic carbocycles. The van der Waals surface area contributed by atoms with Crippen LogP contribution in [0.15, 0.2) is 0 Å². The third kappa shape index (κ3) is 2.33. The number of hydrogen-bond acceptors (Lipinski definition) is 3. The number of amides is 1. The van der Waals surface area contributed by atoms with E-state index in [1.54, 1.807) is 0 Å². The minimum Gasteiger partial charge on any atom is -0.339 e. The molecule has 0 aromatic heterocycles. The number of carbonyl (C=O) groups excluding carboxylic acids is 1. The smallest absolute Gasteiger partial charge is 0.223 e. The first-order valence-corrected chi connectivity index (χ1v) is 6.54. The van der Waals surface area contributed by atoms with Gasteiger partial charge in [0.05, 0.1) is 0 Å². The summed E-state index contributed by atoms with van der Waals surface area (Å²) in [4.78, 5) is 13.3. The van der Waals surface area contributed by atoms with Crippen LogP contribution in [0.25, 0.3) is 0 Å². The van der Waals surface area contributed by atoms with E-state index in [0.717, 1.165) is 19.5 Å². The lowest BCUT2D eigenvalue weighted by molar-refractivity contribution is -0.125. The van der Waals surface area contributed by atoms with Crippen molar-refractivity contribution in [2.24, 2.45) is 0 Å². The minimum absolute atomic E-state index is 0.370. The third-order valence-electron chi connectivity index (χ3n) is 2.09. The topological polar surface area (TPSA) is 20.1 Å². The Labute approximate surface area is 81.4 Å². The molecule has 1 unspecified atom stereocenters. The summed E-state index contributed by atoms with van der Waals surface area (Å²) in [5.74, 6) is 4.03. The van der Waals surface area contributed by atoms with E-state index in [0.29, 0.717) is 11.2 Å². The zero-order valence-electron chi connectivity index (χ0n) is 6.99. The molecule has 1 amide bonds. The second kappa shape index (κ2) is 3.92. The van der Waals surface area contributed by atoms with Crippen LogP contribution in [0.3, 0.4) is 0 Å². The summed E-state index contributed by atoms with van der Waals surface area (Å²) in [6, 6.07) is 0. The quantitative estimate of drug-likeness (QED) is 0.626. The van der Waals surface area contributed by atoms with Crippen LogP contribution in [0, 0.1) is 0 Å². The Kier molecular flexibility index (Phi) is 2.86. The molecule has 4 heteroatoms. The fourth-order valence-corrected chi connectivity index (χ4v) is 3.95. The summed E-state index contributed by atoms with van der Waals surface area (Å²) in [6.07, 6.45) is 0.775. The summed E-state index contributed by atoms with van der Waals surface area (Å²) in [6.45, 7) is 2.01. The maximum Gasteiger partial charge on any atom is 0.223 e. The van der Waals surface area contributed by atoms with E-state index in [4.69, 9.17) is 0 Å². The van der Waals surface area contributed by atoms with Gasteiger partial charge >= 0.3 is 0 Å². The lowest BCUT2D eigenvalue weighted by Gasteiger charge is -2.20. The van der Waals surface area contributed by atoms with Crippen LogP contribution in [0.2, 0.25) is 0 Å². The van der Waals surface area contributed by atoms with Crippen molar-refractivity contribution in [3.8, 4) is 0 Å². The second-order valence-corrected chi connectivity index (χ2v) is 5.71. The van der Waals surface area contributed by atoms with Crippen molar-refractivity contribution in [2.75, 3.05) is 30.3 Å². The minimum atomic E-state index is 0.370. The monoisotopic (exact) mass is 203 g/mol. The normalized spacial score (nSPS) is 28.7. The number of rotatable bonds is 2. The van der Waals surface area contributed by atoms with Gasteiger partial charge in [-0.05, 0) is 0 Å². The van der Waals surface area contributed by atoms with E-state index in [1.807, 2.05) is 28.4 Å². The van der Waals surface area contributed by atoms with Gasteiger partial charge in [0.1, 0.15) is 0 Å². The van der Waals surface area contributed by atoms with Gasteiger partial charge in [0.25, 0.3) is 0 Å². The van der Waals surface area contributed by atoms with Crippen LogP contribution in [0.1, 0.15) is 6.42 Å². The molecule has 0 aromatic rings. The number of hydrogen-bond donors (Lipinski definition) is 0. The SMILES string of the molecule is O=C(CC1CSCCS1)N1CC1. The van der Waals surface area contributed by atoms with Gasteiger partial charge in [-0.3, -0.25) is 4.79 Å². The van der Waals surface area contributed by atoms with Gasteiger partial charge in [0, 0.05) is 42.0 Å². The highest BCUT2D eigenvalue weighted by Crippen LogP contribution is 2.27. The van der Waals surface area contributed by atoms with E-state index >= 15 is 0 Å². The highest BCUT2D eigenvalue weighted by molar-refractivity contribution is 8.06. The fourth-order valence-electron chi connectivity index (χ4n) is 1.28. The molecule has 0 saturated carbocycles. The molecule has 2 heterocycles. The van der Waals surface area contributed by atoms with Gasteiger partial charge < -0.3 is 4.90 Å². The summed E-state index contributed by atoms with van der Waals surface area (Å²) in [5.41, 5.74) is 0. The first kappa shape index (κ1) is 8.75. The summed E-state index contributed by atoms with van der Waals surface area (Å²) >= 11 is 3.95. The molecule has 2 rings (SSSR count). The van der Waals surface area contributed by atoms with Crippen LogP contribution in [-0.4, -0.2) is 46.4 Å². The number of thioether (sulfide) groups is 2. The molecule has 2 aliphatic heterocycles. The van der Waals surface area contributed by atoms with Crippen molar-refractivity contribution in [3.63, 3.8) is 0 Å². The standard InChI is InChI=1S/C8H13NOS2/c10-8(9-1-2-9)5-7-6-11-3-4-12-7/h7H,1-6H2. The van der Waals surface area contributed by atoms with Gasteiger partial charge in [-0.15, -0.1) is 0 Å². The van der Waals surface area contributed by atoms with Gasteiger partial charge in [-0.2, -0.15) is 23.5 Å².